The number of nitro groups is 1. The van der Waals surface area contributed by atoms with Crippen molar-refractivity contribution in [3.63, 3.8) is 0 Å². The molecule has 1 amide bonds. The van der Waals surface area contributed by atoms with Crippen molar-refractivity contribution in [2.24, 2.45) is 5.92 Å². The highest BCUT2D eigenvalue weighted by Gasteiger charge is 2.53. The van der Waals surface area contributed by atoms with Crippen LogP contribution in [0.4, 0.5) is 0 Å². The average molecular weight is 170 g/mol. The van der Waals surface area contributed by atoms with Crippen LogP contribution in [-0.2, 0) is 4.79 Å². The lowest BCUT2D eigenvalue weighted by Crippen LogP contribution is -2.28. The Bertz CT molecular complexity index is 237. The second kappa shape index (κ2) is 2.43. The molecule has 2 aliphatic carbocycles. The monoisotopic (exact) mass is 170 g/mol. The minimum atomic E-state index is -0.608. The van der Waals surface area contributed by atoms with Crippen LogP contribution in [0.3, 0.4) is 0 Å². The molecule has 0 heterocycles. The molecule has 0 aliphatic heterocycles. The fraction of sp³-hybridized carbons (Fsp3) is 0.857. The molecule has 1 N–H and O–H groups in total. The Morgan fingerprint density at radius 1 is 1.50 bits per heavy atom. The number of carbonyl (C=O) groups excluding carboxylic acids is 1. The molecule has 2 aliphatic rings. The lowest BCUT2D eigenvalue weighted by molar-refractivity contribution is -0.497. The van der Waals surface area contributed by atoms with E-state index < -0.39 is 6.04 Å². The molecule has 66 valence electrons. The van der Waals surface area contributed by atoms with Crippen LogP contribution < -0.4 is 5.32 Å². The van der Waals surface area contributed by atoms with E-state index in [1.807, 2.05) is 0 Å². The summed E-state index contributed by atoms with van der Waals surface area (Å²) in [5.74, 6) is -0.472. The lowest BCUT2D eigenvalue weighted by Gasteiger charge is -1.98. The van der Waals surface area contributed by atoms with Crippen molar-refractivity contribution < 1.29 is 9.72 Å². The zero-order valence-corrected chi connectivity index (χ0v) is 6.53. The number of carbonyl (C=O) groups is 1. The number of hydrogen-bond donors (Lipinski definition) is 1. The number of rotatable bonds is 3. The molecule has 2 fully saturated rings. The summed E-state index contributed by atoms with van der Waals surface area (Å²) in [7, 11) is 0. The van der Waals surface area contributed by atoms with Gasteiger partial charge in [0, 0.05) is 17.4 Å². The van der Waals surface area contributed by atoms with Crippen LogP contribution in [0.5, 0.6) is 0 Å². The first-order valence-corrected chi connectivity index (χ1v) is 4.12. The van der Waals surface area contributed by atoms with Crippen molar-refractivity contribution in [2.45, 2.75) is 31.3 Å². The van der Waals surface area contributed by atoms with E-state index in [4.69, 9.17) is 0 Å². The Morgan fingerprint density at radius 2 is 2.17 bits per heavy atom. The smallest absolute Gasteiger partial charge is 0.230 e. The minimum Gasteiger partial charge on any atom is -0.353 e. The standard InChI is InChI=1S/C7H10N2O3/c10-7(8-4-1-2-4)5-3-6(5)9(11)12/h4-6H,1-3H2,(H,8,10). The summed E-state index contributed by atoms with van der Waals surface area (Å²) in [4.78, 5) is 21.0. The third-order valence-corrected chi connectivity index (χ3v) is 2.29. The van der Waals surface area contributed by atoms with Crippen LogP contribution in [0.2, 0.25) is 0 Å². The molecule has 5 nitrogen and oxygen atoms in total. The SMILES string of the molecule is O=C(NC1CC1)C1CC1[N+](=O)[O-]. The molecule has 2 unspecified atom stereocenters. The van der Waals surface area contributed by atoms with Gasteiger partial charge in [-0.15, -0.1) is 0 Å². The van der Waals surface area contributed by atoms with Gasteiger partial charge in [0.2, 0.25) is 11.9 Å². The van der Waals surface area contributed by atoms with Crippen molar-refractivity contribution >= 4 is 5.91 Å². The van der Waals surface area contributed by atoms with Crippen molar-refractivity contribution in [3.8, 4) is 0 Å². The van der Waals surface area contributed by atoms with Crippen LogP contribution >= 0.6 is 0 Å². The van der Waals surface area contributed by atoms with Gasteiger partial charge in [0.05, 0.1) is 0 Å². The topological polar surface area (TPSA) is 72.2 Å². The third-order valence-electron chi connectivity index (χ3n) is 2.29. The fourth-order valence-corrected chi connectivity index (χ4v) is 1.23. The number of nitrogens with zero attached hydrogens (tertiary/aromatic N) is 1. The van der Waals surface area contributed by atoms with E-state index in [0.717, 1.165) is 12.8 Å². The summed E-state index contributed by atoms with van der Waals surface area (Å²) in [5, 5.41) is 13.0. The van der Waals surface area contributed by atoms with Crippen LogP contribution in [-0.4, -0.2) is 22.9 Å². The molecule has 0 aromatic heterocycles. The predicted octanol–water partition coefficient (Wildman–Crippen LogP) is -0.0698. The molecule has 0 aromatic carbocycles. The van der Waals surface area contributed by atoms with Gasteiger partial charge < -0.3 is 5.32 Å². The number of hydrogen-bond acceptors (Lipinski definition) is 3. The van der Waals surface area contributed by atoms with Crippen LogP contribution in [0.25, 0.3) is 0 Å². The Hall–Kier alpha value is -1.13. The maximum absolute atomic E-state index is 11.2. The van der Waals surface area contributed by atoms with Gasteiger partial charge in [-0.1, -0.05) is 0 Å². The maximum Gasteiger partial charge on any atom is 0.230 e. The first kappa shape index (κ1) is 7.52. The summed E-state index contributed by atoms with van der Waals surface area (Å²) in [6.07, 6.45) is 2.48. The molecular weight excluding hydrogens is 160 g/mol. The Balaban J connectivity index is 1.79. The number of amides is 1. The Labute approximate surface area is 69.3 Å². The molecule has 5 heteroatoms. The normalized spacial score (nSPS) is 32.7. The van der Waals surface area contributed by atoms with Crippen LogP contribution in [0.1, 0.15) is 19.3 Å². The first-order valence-electron chi connectivity index (χ1n) is 4.12. The molecule has 2 rings (SSSR count). The van der Waals surface area contributed by atoms with E-state index in [0.29, 0.717) is 12.5 Å². The van der Waals surface area contributed by atoms with Gasteiger partial charge in [-0.3, -0.25) is 14.9 Å². The molecule has 0 radical (unpaired) electrons. The predicted molar refractivity (Wildman–Crippen MR) is 40.1 cm³/mol. The summed E-state index contributed by atoms with van der Waals surface area (Å²) < 4.78 is 0. The molecule has 2 saturated carbocycles. The third kappa shape index (κ3) is 1.39. The van der Waals surface area contributed by atoms with E-state index in [9.17, 15) is 14.9 Å². The second-order valence-electron chi connectivity index (χ2n) is 3.48. The van der Waals surface area contributed by atoms with Gasteiger partial charge in [-0.25, -0.2) is 0 Å². The zero-order chi connectivity index (χ0) is 8.72. The van der Waals surface area contributed by atoms with E-state index in [1.54, 1.807) is 0 Å². The van der Waals surface area contributed by atoms with Gasteiger partial charge >= 0.3 is 0 Å². The van der Waals surface area contributed by atoms with E-state index in [-0.39, 0.29) is 16.7 Å². The van der Waals surface area contributed by atoms with E-state index in [2.05, 4.69) is 5.32 Å². The Morgan fingerprint density at radius 3 is 2.58 bits per heavy atom. The number of nitrogens with one attached hydrogen (secondary N) is 1. The highest BCUT2D eigenvalue weighted by atomic mass is 16.6. The first-order chi connectivity index (χ1) is 5.68. The largest absolute Gasteiger partial charge is 0.353 e. The minimum absolute atomic E-state index is 0.126. The van der Waals surface area contributed by atoms with Gasteiger partial charge in [-0.05, 0) is 12.8 Å². The van der Waals surface area contributed by atoms with Crippen molar-refractivity contribution in [1.82, 2.24) is 5.32 Å². The van der Waals surface area contributed by atoms with Crippen LogP contribution in [0.15, 0.2) is 0 Å². The summed E-state index contributed by atoms with van der Waals surface area (Å²) in [6.45, 7) is 0. The van der Waals surface area contributed by atoms with E-state index >= 15 is 0 Å². The molecule has 0 bridgehead atoms. The molecule has 2 atom stereocenters. The highest BCUT2D eigenvalue weighted by Crippen LogP contribution is 2.34. The van der Waals surface area contributed by atoms with Crippen LogP contribution in [0, 0.1) is 16.0 Å². The molecule has 0 spiro atoms. The fourth-order valence-electron chi connectivity index (χ4n) is 1.23. The second-order valence-corrected chi connectivity index (χ2v) is 3.48. The average Bonchev–Trinajstić information content (AvgIpc) is 2.82. The van der Waals surface area contributed by atoms with Crippen molar-refractivity contribution in [2.75, 3.05) is 0 Å². The van der Waals surface area contributed by atoms with Gasteiger partial charge in [0.25, 0.3) is 0 Å². The van der Waals surface area contributed by atoms with Crippen molar-refractivity contribution in [3.05, 3.63) is 10.1 Å². The van der Waals surface area contributed by atoms with Gasteiger partial charge in [0.15, 0.2) is 0 Å². The molecular formula is C7H10N2O3. The van der Waals surface area contributed by atoms with Gasteiger partial charge in [-0.2, -0.15) is 0 Å². The Kier molecular flexibility index (Phi) is 1.52. The molecule has 0 aromatic rings. The maximum atomic E-state index is 11.2. The molecule has 0 saturated heterocycles. The lowest BCUT2D eigenvalue weighted by atomic mass is 10.4. The van der Waals surface area contributed by atoms with Gasteiger partial charge in [0.1, 0.15) is 5.92 Å². The van der Waals surface area contributed by atoms with Crippen molar-refractivity contribution in [1.29, 1.82) is 0 Å². The quantitative estimate of drug-likeness (QED) is 0.476. The van der Waals surface area contributed by atoms with E-state index in [1.165, 1.54) is 0 Å². The summed E-state index contributed by atoms with van der Waals surface area (Å²) in [5.41, 5.74) is 0. The summed E-state index contributed by atoms with van der Waals surface area (Å²) >= 11 is 0. The molecule has 12 heavy (non-hydrogen) atoms. The summed E-state index contributed by atoms with van der Waals surface area (Å²) in [6, 6.07) is -0.297. The zero-order valence-electron chi connectivity index (χ0n) is 6.53. The highest BCUT2D eigenvalue weighted by molar-refractivity contribution is 5.82.